The lowest BCUT2D eigenvalue weighted by molar-refractivity contribution is -0.870. The third-order valence-electron chi connectivity index (χ3n) is 4.34. The molecule has 0 aromatic rings. The average molecular weight is 379 g/mol. The highest BCUT2D eigenvalue weighted by Crippen LogP contribution is 2.22. The molecule has 0 spiro atoms. The van der Waals surface area contributed by atoms with E-state index in [0.29, 0.717) is 19.4 Å². The first kappa shape index (κ1) is 25.1. The van der Waals surface area contributed by atoms with Crippen molar-refractivity contribution in [2.75, 3.05) is 53.7 Å². The Morgan fingerprint density at radius 2 is 1.24 bits per heavy atom. The van der Waals surface area contributed by atoms with Gasteiger partial charge < -0.3 is 13.7 Å². The molecule has 25 heavy (non-hydrogen) atoms. The molecule has 0 bridgehead atoms. The van der Waals surface area contributed by atoms with Crippen molar-refractivity contribution in [1.29, 1.82) is 0 Å². The van der Waals surface area contributed by atoms with Gasteiger partial charge in [0.2, 0.25) is 0 Å². The highest BCUT2D eigenvalue weighted by molar-refractivity contribution is 7.39. The Kier molecular flexibility index (Phi) is 17.6. The second-order valence-corrected chi connectivity index (χ2v) is 9.66. The van der Waals surface area contributed by atoms with Crippen molar-refractivity contribution in [2.24, 2.45) is 0 Å². The van der Waals surface area contributed by atoms with Crippen molar-refractivity contribution in [2.45, 2.75) is 77.6 Å². The molecule has 0 aliphatic rings. The number of rotatable bonds is 19. The third kappa shape index (κ3) is 22.1. The molecule has 0 saturated heterocycles. The molecule has 1 unspecified atom stereocenters. The van der Waals surface area contributed by atoms with Crippen LogP contribution in [0.1, 0.15) is 77.6 Å². The largest absolute Gasteiger partial charge is 0.381 e. The van der Waals surface area contributed by atoms with E-state index in [-0.39, 0.29) is 0 Å². The topological polar surface area (TPSA) is 35.5 Å². The molecule has 4 nitrogen and oxygen atoms in total. The summed E-state index contributed by atoms with van der Waals surface area (Å²) in [6.45, 7) is 5.31. The molecule has 0 saturated carbocycles. The molecule has 0 heterocycles. The number of likely N-dealkylation sites (N-methyl/N-ethyl adjacent to an activating group) is 1. The van der Waals surface area contributed by atoms with Gasteiger partial charge in [-0.15, -0.1) is 0 Å². The number of ether oxygens (including phenoxy) is 1. The predicted molar refractivity (Wildman–Crippen MR) is 110 cm³/mol. The number of hydrogen-bond acceptors (Lipinski definition) is 3. The molecular formula is C20H45NO3P+. The predicted octanol–water partition coefficient (Wildman–Crippen LogP) is 5.51. The molecular weight excluding hydrogens is 333 g/mol. The van der Waals surface area contributed by atoms with Gasteiger partial charge in [-0.05, 0) is 12.8 Å². The zero-order chi connectivity index (χ0) is 18.8. The van der Waals surface area contributed by atoms with E-state index in [0.717, 1.165) is 30.5 Å². The zero-order valence-corrected chi connectivity index (χ0v) is 18.5. The van der Waals surface area contributed by atoms with E-state index in [1.54, 1.807) is 0 Å². The quantitative estimate of drug-likeness (QED) is 0.169. The van der Waals surface area contributed by atoms with E-state index < -0.39 is 8.03 Å². The number of unbranched alkanes of at least 4 members (excludes halogenated alkanes) is 9. The van der Waals surface area contributed by atoms with E-state index in [2.05, 4.69) is 28.1 Å². The van der Waals surface area contributed by atoms with E-state index in [1.807, 2.05) is 0 Å². The lowest BCUT2D eigenvalue weighted by Crippen LogP contribution is -2.37. The Hall–Kier alpha value is 0.110. The van der Waals surface area contributed by atoms with Crippen LogP contribution in [0.4, 0.5) is 0 Å². The Labute approximate surface area is 158 Å². The van der Waals surface area contributed by atoms with Gasteiger partial charge in [-0.25, -0.2) is 0 Å². The fourth-order valence-corrected chi connectivity index (χ4v) is 3.51. The Morgan fingerprint density at radius 3 is 1.80 bits per heavy atom. The standard InChI is InChI=1S/C20H45NO3P/c1-5-6-7-8-9-10-11-12-13-14-17-23-18-15-20-25(22)24-19-16-21(2,3)4/h25H,5-20H2,1-4H3/q+1. The molecule has 0 rings (SSSR count). The second kappa shape index (κ2) is 17.5. The maximum absolute atomic E-state index is 11.7. The second-order valence-electron chi connectivity index (χ2n) is 8.13. The molecule has 0 aromatic carbocycles. The molecule has 0 aliphatic heterocycles. The van der Waals surface area contributed by atoms with Crippen LogP contribution in [0.15, 0.2) is 0 Å². The minimum absolute atomic E-state index is 0.584. The maximum atomic E-state index is 11.7. The van der Waals surface area contributed by atoms with Crippen molar-refractivity contribution < 1.29 is 18.3 Å². The van der Waals surface area contributed by atoms with Gasteiger partial charge in [0.15, 0.2) is 8.03 Å². The average Bonchev–Trinajstić information content (AvgIpc) is 2.54. The molecule has 152 valence electrons. The van der Waals surface area contributed by atoms with Crippen LogP contribution in [0, 0.1) is 0 Å². The van der Waals surface area contributed by atoms with Gasteiger partial charge in [0, 0.05) is 19.4 Å². The Bertz CT molecular complexity index is 306. The molecule has 0 radical (unpaired) electrons. The van der Waals surface area contributed by atoms with E-state index in [1.165, 1.54) is 57.8 Å². The summed E-state index contributed by atoms with van der Waals surface area (Å²) in [7, 11) is 4.47. The lowest BCUT2D eigenvalue weighted by atomic mass is 10.1. The monoisotopic (exact) mass is 378 g/mol. The summed E-state index contributed by atoms with van der Waals surface area (Å²) >= 11 is 0. The summed E-state index contributed by atoms with van der Waals surface area (Å²) in [6, 6.07) is 0. The Balaban J connectivity index is 3.17. The van der Waals surface area contributed by atoms with Crippen molar-refractivity contribution in [3.8, 4) is 0 Å². The van der Waals surface area contributed by atoms with Crippen molar-refractivity contribution in [1.82, 2.24) is 0 Å². The zero-order valence-electron chi connectivity index (χ0n) is 17.5. The minimum Gasteiger partial charge on any atom is -0.381 e. The van der Waals surface area contributed by atoms with Gasteiger partial charge in [-0.3, -0.25) is 4.57 Å². The molecule has 0 aromatic heterocycles. The molecule has 0 fully saturated rings. The van der Waals surface area contributed by atoms with Crippen LogP contribution >= 0.6 is 8.03 Å². The molecule has 0 N–H and O–H groups in total. The van der Waals surface area contributed by atoms with Gasteiger partial charge in [0.25, 0.3) is 0 Å². The molecule has 0 aliphatic carbocycles. The molecule has 0 amide bonds. The molecule has 5 heteroatoms. The highest BCUT2D eigenvalue weighted by atomic mass is 31.1. The van der Waals surface area contributed by atoms with Gasteiger partial charge in [0.05, 0.1) is 21.1 Å². The summed E-state index contributed by atoms with van der Waals surface area (Å²) in [5, 5.41) is 0. The lowest BCUT2D eigenvalue weighted by Gasteiger charge is -2.23. The first-order valence-corrected chi connectivity index (χ1v) is 12.0. The summed E-state index contributed by atoms with van der Waals surface area (Å²) < 4.78 is 23.6. The number of nitrogens with zero attached hydrogens (tertiary/aromatic N) is 1. The summed E-state index contributed by atoms with van der Waals surface area (Å²) in [5.74, 6) is 0. The Morgan fingerprint density at radius 1 is 0.720 bits per heavy atom. The van der Waals surface area contributed by atoms with Gasteiger partial charge >= 0.3 is 0 Å². The van der Waals surface area contributed by atoms with Crippen molar-refractivity contribution in [3.63, 3.8) is 0 Å². The fourth-order valence-electron chi connectivity index (χ4n) is 2.62. The summed E-state index contributed by atoms with van der Waals surface area (Å²) in [6.07, 6.45) is 15.0. The maximum Gasteiger partial charge on any atom is 0.191 e. The number of hydrogen-bond donors (Lipinski definition) is 0. The van der Waals surface area contributed by atoms with Crippen molar-refractivity contribution in [3.05, 3.63) is 0 Å². The normalized spacial score (nSPS) is 13.3. The van der Waals surface area contributed by atoms with Crippen LogP contribution in [0.2, 0.25) is 0 Å². The van der Waals surface area contributed by atoms with Gasteiger partial charge in [-0.1, -0.05) is 64.7 Å². The fraction of sp³-hybridized carbons (Fsp3) is 1.00. The van der Waals surface area contributed by atoms with E-state index >= 15 is 0 Å². The van der Waals surface area contributed by atoms with E-state index in [4.69, 9.17) is 9.26 Å². The van der Waals surface area contributed by atoms with Crippen LogP contribution < -0.4 is 0 Å². The smallest absolute Gasteiger partial charge is 0.191 e. The van der Waals surface area contributed by atoms with Crippen LogP contribution in [0.3, 0.4) is 0 Å². The van der Waals surface area contributed by atoms with Crippen LogP contribution in [0.5, 0.6) is 0 Å². The van der Waals surface area contributed by atoms with Crippen LogP contribution in [-0.2, 0) is 13.8 Å². The molecule has 1 atom stereocenters. The first-order valence-electron chi connectivity index (χ1n) is 10.5. The van der Waals surface area contributed by atoms with Crippen LogP contribution in [0.25, 0.3) is 0 Å². The summed E-state index contributed by atoms with van der Waals surface area (Å²) in [4.78, 5) is 0. The van der Waals surface area contributed by atoms with Gasteiger partial charge in [-0.2, -0.15) is 0 Å². The van der Waals surface area contributed by atoms with Crippen LogP contribution in [-0.4, -0.2) is 58.2 Å². The highest BCUT2D eigenvalue weighted by Gasteiger charge is 2.08. The van der Waals surface area contributed by atoms with Gasteiger partial charge in [0.1, 0.15) is 13.2 Å². The van der Waals surface area contributed by atoms with E-state index in [9.17, 15) is 4.57 Å². The first-order chi connectivity index (χ1) is 12.0. The third-order valence-corrected chi connectivity index (χ3v) is 5.62. The summed E-state index contributed by atoms with van der Waals surface area (Å²) in [5.41, 5.74) is 0. The SMILES string of the molecule is CCCCCCCCCCCCOCCC[PH](=O)OCC[N+](C)(C)C. The number of quaternary nitrogens is 1. The minimum atomic E-state index is -1.87. The van der Waals surface area contributed by atoms with Crippen molar-refractivity contribution >= 4 is 8.03 Å².